The molecule has 1 aliphatic heterocycles. The number of pyridine rings is 1. The van der Waals surface area contributed by atoms with Gasteiger partial charge in [0.15, 0.2) is 0 Å². The first-order valence-corrected chi connectivity index (χ1v) is 6.33. The summed E-state index contributed by atoms with van der Waals surface area (Å²) >= 11 is 0. The van der Waals surface area contributed by atoms with Gasteiger partial charge in [-0.2, -0.15) is 13.2 Å². The predicted molar refractivity (Wildman–Crippen MR) is 67.7 cm³/mol. The third-order valence-corrected chi connectivity index (χ3v) is 3.03. The monoisotopic (exact) mass is 290 g/mol. The van der Waals surface area contributed by atoms with E-state index in [1.165, 1.54) is 6.07 Å². The summed E-state index contributed by atoms with van der Waals surface area (Å²) < 4.78 is 48.7. The predicted octanol–water partition coefficient (Wildman–Crippen LogP) is 2.34. The quantitative estimate of drug-likeness (QED) is 0.856. The smallest absolute Gasteiger partial charge is 0.382 e. The van der Waals surface area contributed by atoms with E-state index in [1.807, 2.05) is 6.92 Å². The number of morpholine rings is 1. The lowest BCUT2D eigenvalue weighted by atomic mass is 10.2. The normalized spacial score (nSPS) is 23.9. The van der Waals surface area contributed by atoms with E-state index in [4.69, 9.17) is 9.47 Å². The third-order valence-electron chi connectivity index (χ3n) is 3.03. The van der Waals surface area contributed by atoms with E-state index >= 15 is 0 Å². The van der Waals surface area contributed by atoms with Crippen LogP contribution < -0.4 is 4.90 Å². The second kappa shape index (κ2) is 5.97. The fraction of sp³-hybridized carbons (Fsp3) is 0.615. The summed E-state index contributed by atoms with van der Waals surface area (Å²) in [6, 6.07) is 3.92. The second-order valence-corrected chi connectivity index (χ2v) is 4.81. The van der Waals surface area contributed by atoms with Gasteiger partial charge in [0.25, 0.3) is 0 Å². The summed E-state index contributed by atoms with van der Waals surface area (Å²) in [4.78, 5) is 5.50. The van der Waals surface area contributed by atoms with Gasteiger partial charge in [-0.3, -0.25) is 0 Å². The summed E-state index contributed by atoms with van der Waals surface area (Å²) in [6.45, 7) is 3.25. The summed E-state index contributed by atoms with van der Waals surface area (Å²) in [5.41, 5.74) is -0.877. The molecule has 1 aromatic rings. The van der Waals surface area contributed by atoms with E-state index in [-0.39, 0.29) is 12.2 Å². The second-order valence-electron chi connectivity index (χ2n) is 4.81. The zero-order valence-electron chi connectivity index (χ0n) is 11.4. The van der Waals surface area contributed by atoms with Crippen LogP contribution in [0.3, 0.4) is 0 Å². The number of ether oxygens (including phenoxy) is 2. The van der Waals surface area contributed by atoms with Crippen molar-refractivity contribution in [3.05, 3.63) is 23.9 Å². The van der Waals surface area contributed by atoms with Gasteiger partial charge < -0.3 is 14.4 Å². The van der Waals surface area contributed by atoms with E-state index in [1.54, 1.807) is 18.1 Å². The minimum absolute atomic E-state index is 0.0831. The fourth-order valence-electron chi connectivity index (χ4n) is 2.27. The lowest BCUT2D eigenvalue weighted by Crippen LogP contribution is -2.48. The van der Waals surface area contributed by atoms with Crippen LogP contribution in [0.15, 0.2) is 18.2 Å². The first kappa shape index (κ1) is 15.1. The van der Waals surface area contributed by atoms with Gasteiger partial charge in [-0.15, -0.1) is 0 Å². The van der Waals surface area contributed by atoms with Crippen molar-refractivity contribution in [3.8, 4) is 0 Å². The zero-order valence-corrected chi connectivity index (χ0v) is 11.4. The van der Waals surface area contributed by atoms with Gasteiger partial charge in [-0.1, -0.05) is 6.07 Å². The molecule has 1 fully saturated rings. The molecule has 112 valence electrons. The Morgan fingerprint density at radius 1 is 1.40 bits per heavy atom. The van der Waals surface area contributed by atoms with Crippen LogP contribution >= 0.6 is 0 Å². The van der Waals surface area contributed by atoms with E-state index in [0.717, 1.165) is 6.07 Å². The topological polar surface area (TPSA) is 34.6 Å². The maximum atomic E-state index is 12.7. The molecule has 0 saturated carbocycles. The molecule has 1 aromatic heterocycles. The number of nitrogens with zero attached hydrogens (tertiary/aromatic N) is 2. The number of hydrogen-bond acceptors (Lipinski definition) is 4. The highest BCUT2D eigenvalue weighted by atomic mass is 19.4. The molecule has 20 heavy (non-hydrogen) atoms. The van der Waals surface area contributed by atoms with Gasteiger partial charge in [-0.05, 0) is 19.1 Å². The Morgan fingerprint density at radius 2 is 2.15 bits per heavy atom. The Labute approximate surface area is 115 Å². The van der Waals surface area contributed by atoms with Crippen molar-refractivity contribution in [2.75, 3.05) is 31.7 Å². The van der Waals surface area contributed by atoms with Crippen molar-refractivity contribution in [2.45, 2.75) is 25.3 Å². The van der Waals surface area contributed by atoms with E-state index < -0.39 is 11.9 Å². The highest BCUT2D eigenvalue weighted by Gasteiger charge is 2.33. The first-order valence-electron chi connectivity index (χ1n) is 6.33. The molecule has 0 N–H and O–H groups in total. The van der Waals surface area contributed by atoms with Crippen molar-refractivity contribution < 1.29 is 22.6 Å². The molecule has 0 aromatic carbocycles. The molecular weight excluding hydrogens is 273 g/mol. The number of aromatic nitrogens is 1. The largest absolute Gasteiger partial charge is 0.433 e. The molecule has 7 heteroatoms. The highest BCUT2D eigenvalue weighted by Crippen LogP contribution is 2.29. The Morgan fingerprint density at radius 3 is 2.80 bits per heavy atom. The van der Waals surface area contributed by atoms with E-state index in [9.17, 15) is 13.2 Å². The number of alkyl halides is 3. The number of methoxy groups -OCH3 is 1. The zero-order chi connectivity index (χ0) is 14.8. The van der Waals surface area contributed by atoms with Crippen LogP contribution in [0.25, 0.3) is 0 Å². The van der Waals surface area contributed by atoms with Crippen LogP contribution in [0.5, 0.6) is 0 Å². The van der Waals surface area contributed by atoms with Crippen LogP contribution in [0.1, 0.15) is 12.6 Å². The van der Waals surface area contributed by atoms with Crippen molar-refractivity contribution in [1.82, 2.24) is 4.98 Å². The Bertz CT molecular complexity index is 453. The Balaban J connectivity index is 2.18. The maximum absolute atomic E-state index is 12.7. The molecule has 2 atom stereocenters. The summed E-state index contributed by atoms with van der Waals surface area (Å²) in [5, 5.41) is 0. The number of rotatable bonds is 3. The average molecular weight is 290 g/mol. The van der Waals surface area contributed by atoms with Crippen LogP contribution in [-0.4, -0.2) is 44.0 Å². The summed E-state index contributed by atoms with van der Waals surface area (Å²) in [7, 11) is 1.56. The highest BCUT2D eigenvalue weighted by molar-refractivity contribution is 5.40. The molecular formula is C13H17F3N2O2. The molecule has 0 radical (unpaired) electrons. The van der Waals surface area contributed by atoms with Crippen molar-refractivity contribution in [1.29, 1.82) is 0 Å². The van der Waals surface area contributed by atoms with Crippen molar-refractivity contribution in [2.24, 2.45) is 0 Å². The molecule has 1 saturated heterocycles. The van der Waals surface area contributed by atoms with Crippen LogP contribution in [0, 0.1) is 0 Å². The SMILES string of the molecule is COCC1CN(c2cccc(C(F)(F)F)n2)CC(C)O1. The van der Waals surface area contributed by atoms with Crippen molar-refractivity contribution in [3.63, 3.8) is 0 Å². The molecule has 2 rings (SSSR count). The lowest BCUT2D eigenvalue weighted by Gasteiger charge is -2.37. The van der Waals surface area contributed by atoms with Gasteiger partial charge in [0.2, 0.25) is 0 Å². The summed E-state index contributed by atoms with van der Waals surface area (Å²) in [5.74, 6) is 0.316. The van der Waals surface area contributed by atoms with Crippen LogP contribution in [0.4, 0.5) is 19.0 Å². The molecule has 0 spiro atoms. The first-order chi connectivity index (χ1) is 9.40. The molecule has 4 nitrogen and oxygen atoms in total. The van der Waals surface area contributed by atoms with Crippen molar-refractivity contribution >= 4 is 5.82 Å². The molecule has 0 bridgehead atoms. The fourth-order valence-corrected chi connectivity index (χ4v) is 2.27. The summed E-state index contributed by atoms with van der Waals surface area (Å²) in [6.07, 6.45) is -4.68. The number of halogens is 3. The van der Waals surface area contributed by atoms with Crippen LogP contribution in [0.2, 0.25) is 0 Å². The lowest BCUT2D eigenvalue weighted by molar-refractivity contribution is -0.141. The molecule has 1 aliphatic rings. The number of anilines is 1. The molecule has 2 unspecified atom stereocenters. The van der Waals surface area contributed by atoms with Gasteiger partial charge in [0.05, 0.1) is 18.8 Å². The average Bonchev–Trinajstić information content (AvgIpc) is 2.37. The van der Waals surface area contributed by atoms with Gasteiger partial charge in [0.1, 0.15) is 11.5 Å². The van der Waals surface area contributed by atoms with Crippen LogP contribution in [-0.2, 0) is 15.7 Å². The molecule has 0 aliphatic carbocycles. The Hall–Kier alpha value is -1.34. The maximum Gasteiger partial charge on any atom is 0.433 e. The molecule has 0 amide bonds. The van der Waals surface area contributed by atoms with Gasteiger partial charge in [-0.25, -0.2) is 4.98 Å². The van der Waals surface area contributed by atoms with Gasteiger partial charge >= 0.3 is 6.18 Å². The minimum atomic E-state index is -4.43. The number of hydrogen-bond donors (Lipinski definition) is 0. The van der Waals surface area contributed by atoms with E-state index in [2.05, 4.69) is 4.98 Å². The van der Waals surface area contributed by atoms with Gasteiger partial charge in [0, 0.05) is 20.2 Å². The standard InChI is InChI=1S/C13H17F3N2O2/c1-9-6-18(7-10(20-9)8-19-2)12-5-3-4-11(17-12)13(14,15)16/h3-5,9-10H,6-8H2,1-2H3. The molecule has 2 heterocycles. The minimum Gasteiger partial charge on any atom is -0.382 e. The third kappa shape index (κ3) is 3.61. The Kier molecular flexibility index (Phi) is 4.49. The van der Waals surface area contributed by atoms with E-state index in [0.29, 0.717) is 25.5 Å².